The molecule has 1 fully saturated rings. The number of likely N-dealkylation sites (tertiary alicyclic amines) is 1. The van der Waals surface area contributed by atoms with Crippen molar-refractivity contribution < 1.29 is 9.32 Å². The second-order valence-corrected chi connectivity index (χ2v) is 7.71. The maximum absolute atomic E-state index is 12.6. The van der Waals surface area contributed by atoms with Crippen molar-refractivity contribution in [2.24, 2.45) is 5.92 Å². The Morgan fingerprint density at radius 1 is 1.24 bits per heavy atom. The van der Waals surface area contributed by atoms with Crippen molar-refractivity contribution in [3.05, 3.63) is 48.3 Å². The minimum absolute atomic E-state index is 0.159. The van der Waals surface area contributed by atoms with Crippen LogP contribution in [0.25, 0.3) is 11.3 Å². The summed E-state index contributed by atoms with van der Waals surface area (Å²) >= 11 is 0. The monoisotopic (exact) mass is 394 g/mol. The predicted octanol–water partition coefficient (Wildman–Crippen LogP) is 2.82. The molecule has 3 aromatic heterocycles. The highest BCUT2D eigenvalue weighted by Gasteiger charge is 2.22. The average molecular weight is 394 g/mol. The lowest BCUT2D eigenvalue weighted by atomic mass is 9.94. The van der Waals surface area contributed by atoms with Crippen molar-refractivity contribution in [3.63, 3.8) is 0 Å². The summed E-state index contributed by atoms with van der Waals surface area (Å²) in [7, 11) is 0. The first-order valence-electron chi connectivity index (χ1n) is 10.1. The van der Waals surface area contributed by atoms with Gasteiger partial charge in [0.1, 0.15) is 18.6 Å². The Morgan fingerprint density at radius 3 is 2.90 bits per heavy atom. The van der Waals surface area contributed by atoms with E-state index in [1.165, 1.54) is 0 Å². The maximum atomic E-state index is 12.6. The van der Waals surface area contributed by atoms with Crippen molar-refractivity contribution in [2.45, 2.75) is 46.1 Å². The summed E-state index contributed by atoms with van der Waals surface area (Å²) in [6, 6.07) is 2.04. The number of amides is 1. The first-order chi connectivity index (χ1) is 14.1. The van der Waals surface area contributed by atoms with E-state index in [1.54, 1.807) is 18.9 Å². The first-order valence-corrected chi connectivity index (χ1v) is 10.1. The summed E-state index contributed by atoms with van der Waals surface area (Å²) in [6.45, 7) is 5.79. The van der Waals surface area contributed by atoms with Gasteiger partial charge in [-0.3, -0.25) is 4.79 Å². The van der Waals surface area contributed by atoms with Gasteiger partial charge in [0, 0.05) is 31.2 Å². The second kappa shape index (κ2) is 8.55. The lowest BCUT2D eigenvalue weighted by Gasteiger charge is -2.21. The molecule has 0 unspecified atom stereocenters. The Labute approximate surface area is 170 Å². The van der Waals surface area contributed by atoms with Crippen molar-refractivity contribution >= 4 is 5.91 Å². The molecule has 0 spiro atoms. The van der Waals surface area contributed by atoms with Crippen LogP contribution in [0.4, 0.5) is 0 Å². The molecule has 152 valence electrons. The standard InChI is InChI=1S/C21H26N6O2/c1-15-21(16(2)29-25-15)19-11-18(23-13-24-19)10-17-4-3-7-27(8-5-17)20(28)12-26-9-6-22-14-26/h6,9,11,13-14,17H,3-5,7-8,10,12H2,1-2H3/t17-/m0/s1. The second-order valence-electron chi connectivity index (χ2n) is 7.71. The van der Waals surface area contributed by atoms with Crippen LogP contribution in [-0.4, -0.2) is 48.6 Å². The molecule has 1 aliphatic rings. The van der Waals surface area contributed by atoms with E-state index in [0.717, 1.165) is 67.2 Å². The Kier molecular flexibility index (Phi) is 5.69. The summed E-state index contributed by atoms with van der Waals surface area (Å²) in [6.07, 6.45) is 10.8. The van der Waals surface area contributed by atoms with Gasteiger partial charge < -0.3 is 14.0 Å². The highest BCUT2D eigenvalue weighted by atomic mass is 16.5. The predicted molar refractivity (Wildman–Crippen MR) is 107 cm³/mol. The number of carbonyl (C=O) groups is 1. The van der Waals surface area contributed by atoms with Gasteiger partial charge in [0.2, 0.25) is 5.91 Å². The molecule has 0 saturated carbocycles. The molecular weight excluding hydrogens is 368 g/mol. The third-order valence-corrected chi connectivity index (χ3v) is 5.59. The minimum atomic E-state index is 0.159. The van der Waals surface area contributed by atoms with Crippen LogP contribution in [0.1, 0.15) is 36.4 Å². The largest absolute Gasteiger partial charge is 0.361 e. The SMILES string of the molecule is Cc1noc(C)c1-c1cc(C[C@H]2CCCN(C(=O)Cn3ccnc3)CC2)ncn1. The van der Waals surface area contributed by atoms with Crippen LogP contribution in [0.3, 0.4) is 0 Å². The molecule has 0 radical (unpaired) electrons. The zero-order valence-corrected chi connectivity index (χ0v) is 16.9. The molecule has 0 aliphatic carbocycles. The van der Waals surface area contributed by atoms with Gasteiger partial charge in [0.15, 0.2) is 0 Å². The van der Waals surface area contributed by atoms with E-state index in [9.17, 15) is 4.79 Å². The quantitative estimate of drug-likeness (QED) is 0.661. The normalized spacial score (nSPS) is 17.3. The van der Waals surface area contributed by atoms with Crippen LogP contribution in [0.2, 0.25) is 0 Å². The number of carbonyl (C=O) groups excluding carboxylic acids is 1. The number of hydrogen-bond acceptors (Lipinski definition) is 6. The van der Waals surface area contributed by atoms with Gasteiger partial charge in [-0.05, 0) is 51.5 Å². The average Bonchev–Trinajstić information content (AvgIpc) is 3.26. The fourth-order valence-corrected chi connectivity index (χ4v) is 4.05. The van der Waals surface area contributed by atoms with Crippen molar-refractivity contribution in [2.75, 3.05) is 13.1 Å². The number of hydrogen-bond donors (Lipinski definition) is 0. The molecule has 8 nitrogen and oxygen atoms in total. The van der Waals surface area contributed by atoms with Gasteiger partial charge >= 0.3 is 0 Å². The van der Waals surface area contributed by atoms with E-state index in [4.69, 9.17) is 4.52 Å². The molecule has 1 aliphatic heterocycles. The van der Waals surface area contributed by atoms with Gasteiger partial charge in [-0.2, -0.15) is 0 Å². The highest BCUT2D eigenvalue weighted by Crippen LogP contribution is 2.27. The van der Waals surface area contributed by atoms with Gasteiger partial charge in [-0.25, -0.2) is 15.0 Å². The first kappa shape index (κ1) is 19.3. The number of imidazole rings is 1. The summed E-state index contributed by atoms with van der Waals surface area (Å²) in [4.78, 5) is 27.4. The maximum Gasteiger partial charge on any atom is 0.242 e. The smallest absolute Gasteiger partial charge is 0.242 e. The van der Waals surface area contributed by atoms with Crippen LogP contribution >= 0.6 is 0 Å². The summed E-state index contributed by atoms with van der Waals surface area (Å²) < 4.78 is 7.10. The molecule has 0 aromatic carbocycles. The summed E-state index contributed by atoms with van der Waals surface area (Å²) in [5, 5.41) is 4.02. The van der Waals surface area contributed by atoms with E-state index < -0.39 is 0 Å². The van der Waals surface area contributed by atoms with Crippen LogP contribution in [-0.2, 0) is 17.8 Å². The fraction of sp³-hybridized carbons (Fsp3) is 0.476. The Balaban J connectivity index is 1.38. The molecule has 0 bridgehead atoms. The molecule has 1 atom stereocenters. The Hall–Kier alpha value is -3.03. The van der Waals surface area contributed by atoms with Gasteiger partial charge in [0.05, 0.1) is 23.3 Å². The van der Waals surface area contributed by atoms with E-state index in [1.807, 2.05) is 35.6 Å². The molecule has 8 heteroatoms. The highest BCUT2D eigenvalue weighted by molar-refractivity contribution is 5.76. The minimum Gasteiger partial charge on any atom is -0.361 e. The number of aromatic nitrogens is 5. The summed E-state index contributed by atoms with van der Waals surface area (Å²) in [5.74, 6) is 1.44. The van der Waals surface area contributed by atoms with Crippen LogP contribution < -0.4 is 0 Å². The van der Waals surface area contributed by atoms with Crippen LogP contribution in [0.15, 0.2) is 35.6 Å². The molecule has 1 saturated heterocycles. The molecule has 4 heterocycles. The van der Waals surface area contributed by atoms with E-state index in [-0.39, 0.29) is 5.91 Å². The van der Waals surface area contributed by atoms with Crippen LogP contribution in [0.5, 0.6) is 0 Å². The number of rotatable bonds is 5. The molecular formula is C21H26N6O2. The Bertz CT molecular complexity index is 946. The third-order valence-electron chi connectivity index (χ3n) is 5.59. The van der Waals surface area contributed by atoms with Gasteiger partial charge in [-0.15, -0.1) is 0 Å². The fourth-order valence-electron chi connectivity index (χ4n) is 4.05. The number of nitrogens with zero attached hydrogens (tertiary/aromatic N) is 6. The third kappa shape index (κ3) is 4.52. The zero-order valence-electron chi connectivity index (χ0n) is 16.9. The lowest BCUT2D eigenvalue weighted by molar-refractivity contribution is -0.131. The molecule has 3 aromatic rings. The molecule has 1 amide bonds. The lowest BCUT2D eigenvalue weighted by Crippen LogP contribution is -2.34. The van der Waals surface area contributed by atoms with Crippen LogP contribution in [0, 0.1) is 19.8 Å². The topological polar surface area (TPSA) is 89.9 Å². The van der Waals surface area contributed by atoms with E-state index in [0.29, 0.717) is 12.5 Å². The molecule has 29 heavy (non-hydrogen) atoms. The molecule has 0 N–H and O–H groups in total. The Morgan fingerprint density at radius 2 is 2.14 bits per heavy atom. The van der Waals surface area contributed by atoms with Gasteiger partial charge in [-0.1, -0.05) is 5.16 Å². The molecule has 4 rings (SSSR count). The van der Waals surface area contributed by atoms with Crippen molar-refractivity contribution in [1.29, 1.82) is 0 Å². The van der Waals surface area contributed by atoms with Gasteiger partial charge in [0.25, 0.3) is 0 Å². The number of aryl methyl sites for hydroxylation is 2. The van der Waals surface area contributed by atoms with E-state index in [2.05, 4.69) is 20.1 Å². The van der Waals surface area contributed by atoms with E-state index >= 15 is 0 Å². The zero-order chi connectivity index (χ0) is 20.2. The summed E-state index contributed by atoms with van der Waals surface area (Å²) in [5.41, 5.74) is 3.68. The van der Waals surface area contributed by atoms with Crippen molar-refractivity contribution in [3.8, 4) is 11.3 Å². The van der Waals surface area contributed by atoms with Crippen molar-refractivity contribution in [1.82, 2.24) is 29.6 Å².